The Hall–Kier alpha value is -1.41. The summed E-state index contributed by atoms with van der Waals surface area (Å²) in [7, 11) is 0. The lowest BCUT2D eigenvalue weighted by Gasteiger charge is -2.20. The molecule has 0 amide bonds. The number of nitrogens with zero attached hydrogens (tertiary/aromatic N) is 2. The molecule has 0 bridgehead atoms. The highest BCUT2D eigenvalue weighted by Gasteiger charge is 2.42. The van der Waals surface area contributed by atoms with Crippen LogP contribution in [0.4, 0.5) is 0 Å². The van der Waals surface area contributed by atoms with Crippen molar-refractivity contribution in [1.29, 1.82) is 0 Å². The van der Waals surface area contributed by atoms with Crippen LogP contribution in [0.15, 0.2) is 23.8 Å². The molecule has 3 rings (SSSR count). The molecule has 0 aliphatic heterocycles. The Bertz CT molecular complexity index is 785. The van der Waals surface area contributed by atoms with Gasteiger partial charge in [0.2, 0.25) is 11.2 Å². The molecule has 1 aliphatic rings. The average molecular weight is 302 g/mol. The van der Waals surface area contributed by atoms with Crippen LogP contribution in [0.2, 0.25) is 5.02 Å². The van der Waals surface area contributed by atoms with E-state index in [2.05, 4.69) is 52.2 Å². The summed E-state index contributed by atoms with van der Waals surface area (Å²) >= 11 is 6.17. The molecule has 0 N–H and O–H groups in total. The van der Waals surface area contributed by atoms with Gasteiger partial charge in [0, 0.05) is 22.1 Å². The van der Waals surface area contributed by atoms with Crippen molar-refractivity contribution >= 4 is 28.2 Å². The quantitative estimate of drug-likeness (QED) is 0.689. The van der Waals surface area contributed by atoms with E-state index in [1.54, 1.807) is 0 Å². The van der Waals surface area contributed by atoms with E-state index in [-0.39, 0.29) is 5.41 Å². The first-order chi connectivity index (χ1) is 9.75. The van der Waals surface area contributed by atoms with Crippen LogP contribution in [0.25, 0.3) is 16.6 Å². The molecule has 1 aliphatic carbocycles. The highest BCUT2D eigenvalue weighted by molar-refractivity contribution is 6.31. The van der Waals surface area contributed by atoms with E-state index in [1.165, 1.54) is 22.5 Å². The van der Waals surface area contributed by atoms with Gasteiger partial charge in [0.25, 0.3) is 0 Å². The second-order valence-electron chi connectivity index (χ2n) is 6.78. The number of hydrogen-bond donors (Lipinski definition) is 0. The fraction of sp³-hybridized carbons (Fsp3) is 0.444. The lowest BCUT2D eigenvalue weighted by Crippen LogP contribution is -2.42. The maximum absolute atomic E-state index is 6.17. The Balaban J connectivity index is 2.51. The number of halogens is 1. The van der Waals surface area contributed by atoms with Gasteiger partial charge in [0.1, 0.15) is 11.2 Å². The van der Waals surface area contributed by atoms with Crippen molar-refractivity contribution in [2.45, 2.75) is 53.0 Å². The lowest BCUT2D eigenvalue weighted by atomic mass is 9.85. The van der Waals surface area contributed by atoms with E-state index in [0.29, 0.717) is 6.04 Å². The third kappa shape index (κ3) is 1.92. The predicted octanol–water partition coefficient (Wildman–Crippen LogP) is 4.84. The molecule has 110 valence electrons. The number of rotatable bonds is 1. The summed E-state index contributed by atoms with van der Waals surface area (Å²) in [5.41, 5.74) is 7.31. The molecule has 0 saturated carbocycles. The Morgan fingerprint density at radius 2 is 1.86 bits per heavy atom. The van der Waals surface area contributed by atoms with Gasteiger partial charge >= 0.3 is 0 Å². The zero-order valence-electron chi connectivity index (χ0n) is 13.6. The van der Waals surface area contributed by atoms with Gasteiger partial charge in [-0.1, -0.05) is 31.0 Å². The van der Waals surface area contributed by atoms with Crippen LogP contribution in [0, 0.1) is 0 Å². The molecule has 0 unspecified atom stereocenters. The van der Waals surface area contributed by atoms with Crippen molar-refractivity contribution in [2.75, 3.05) is 0 Å². The minimum absolute atomic E-state index is 0.0213. The average Bonchev–Trinajstić information content (AvgIpc) is 2.57. The molecule has 1 aromatic heterocycles. The van der Waals surface area contributed by atoms with Gasteiger partial charge in [-0.15, -0.1) is 0 Å². The van der Waals surface area contributed by atoms with E-state index < -0.39 is 0 Å². The lowest BCUT2D eigenvalue weighted by molar-refractivity contribution is -0.694. The Morgan fingerprint density at radius 3 is 2.48 bits per heavy atom. The van der Waals surface area contributed by atoms with E-state index in [9.17, 15) is 0 Å². The topological polar surface area (TPSA) is 16.8 Å². The summed E-state index contributed by atoms with van der Waals surface area (Å²) in [5, 5.41) is 0.738. The maximum atomic E-state index is 6.17. The van der Waals surface area contributed by atoms with E-state index in [1.807, 2.05) is 12.1 Å². The number of benzene rings is 1. The maximum Gasteiger partial charge on any atom is 0.231 e. The van der Waals surface area contributed by atoms with E-state index in [0.717, 1.165) is 16.1 Å². The minimum atomic E-state index is -0.0213. The zero-order valence-corrected chi connectivity index (χ0v) is 14.3. The number of aromatic nitrogens is 2. The normalized spacial score (nSPS) is 17.0. The van der Waals surface area contributed by atoms with Crippen LogP contribution in [0.5, 0.6) is 0 Å². The first-order valence-corrected chi connectivity index (χ1v) is 7.86. The van der Waals surface area contributed by atoms with Crippen molar-refractivity contribution in [3.8, 4) is 0 Å². The van der Waals surface area contributed by atoms with Crippen molar-refractivity contribution in [2.24, 2.45) is 0 Å². The summed E-state index contributed by atoms with van der Waals surface area (Å²) < 4.78 is 2.40. The zero-order chi connectivity index (χ0) is 15.5. The standard InChI is InChI=1S/C18H22ClN2/c1-10(2)21-15-8-7-13(19)9-14(15)20-17-16(21)11(3)12(4)18(17,5)6/h7-10H,1-6H3/q+1. The second-order valence-corrected chi connectivity index (χ2v) is 7.22. The van der Waals surface area contributed by atoms with Crippen molar-refractivity contribution < 1.29 is 4.57 Å². The smallest absolute Gasteiger partial charge is 0.231 e. The van der Waals surface area contributed by atoms with Crippen molar-refractivity contribution in [3.05, 3.63) is 40.2 Å². The largest absolute Gasteiger partial charge is 0.239 e. The van der Waals surface area contributed by atoms with Crippen LogP contribution in [0.1, 0.15) is 59.0 Å². The van der Waals surface area contributed by atoms with Gasteiger partial charge in [-0.25, -0.2) is 4.98 Å². The molecule has 0 fully saturated rings. The van der Waals surface area contributed by atoms with Crippen LogP contribution in [-0.2, 0) is 5.41 Å². The summed E-state index contributed by atoms with van der Waals surface area (Å²) in [5.74, 6) is 0. The molecule has 0 saturated heterocycles. The number of allylic oxidation sites excluding steroid dienone is 2. The van der Waals surface area contributed by atoms with Crippen LogP contribution < -0.4 is 4.57 Å². The highest BCUT2D eigenvalue weighted by Crippen LogP contribution is 2.44. The van der Waals surface area contributed by atoms with E-state index >= 15 is 0 Å². The SMILES string of the molecule is CC1=C(C)C(C)(C)c2nc3cc(Cl)ccc3[n+](C(C)C)c21. The first-order valence-electron chi connectivity index (χ1n) is 7.48. The van der Waals surface area contributed by atoms with Crippen LogP contribution in [-0.4, -0.2) is 4.98 Å². The molecule has 2 aromatic rings. The molecule has 3 heteroatoms. The van der Waals surface area contributed by atoms with Crippen molar-refractivity contribution in [3.63, 3.8) is 0 Å². The third-order valence-corrected chi connectivity index (χ3v) is 5.09. The molecule has 2 nitrogen and oxygen atoms in total. The van der Waals surface area contributed by atoms with Gasteiger partial charge in [-0.05, 0) is 39.8 Å². The molecule has 0 spiro atoms. The van der Waals surface area contributed by atoms with Gasteiger partial charge < -0.3 is 0 Å². The van der Waals surface area contributed by atoms with Crippen LogP contribution in [0.3, 0.4) is 0 Å². The van der Waals surface area contributed by atoms with Crippen LogP contribution >= 0.6 is 11.6 Å². The summed E-state index contributed by atoms with van der Waals surface area (Å²) in [6.07, 6.45) is 0. The monoisotopic (exact) mass is 301 g/mol. The molecule has 0 radical (unpaired) electrons. The summed E-state index contributed by atoms with van der Waals surface area (Å²) in [6, 6.07) is 6.37. The molecular weight excluding hydrogens is 280 g/mol. The second kappa shape index (κ2) is 4.54. The van der Waals surface area contributed by atoms with E-state index in [4.69, 9.17) is 16.6 Å². The first kappa shape index (κ1) is 14.5. The Morgan fingerprint density at radius 1 is 1.19 bits per heavy atom. The number of hydrogen-bond acceptors (Lipinski definition) is 1. The summed E-state index contributed by atoms with van der Waals surface area (Å²) in [6.45, 7) is 13.4. The minimum Gasteiger partial charge on any atom is -0.239 e. The van der Waals surface area contributed by atoms with Gasteiger partial charge in [-0.3, -0.25) is 0 Å². The Labute approximate surface area is 131 Å². The van der Waals surface area contributed by atoms with Gasteiger partial charge in [0.15, 0.2) is 6.04 Å². The molecule has 1 aromatic carbocycles. The fourth-order valence-electron chi connectivity index (χ4n) is 3.35. The highest BCUT2D eigenvalue weighted by atomic mass is 35.5. The third-order valence-electron chi connectivity index (χ3n) is 4.86. The number of fused-ring (bicyclic) bond motifs is 2. The fourth-order valence-corrected chi connectivity index (χ4v) is 3.52. The molecule has 21 heavy (non-hydrogen) atoms. The van der Waals surface area contributed by atoms with Gasteiger partial charge in [0.05, 0.1) is 0 Å². The van der Waals surface area contributed by atoms with Crippen molar-refractivity contribution in [1.82, 2.24) is 4.98 Å². The molecular formula is C18H22ClN2+. The Kier molecular flexibility index (Phi) is 3.14. The molecule has 1 heterocycles. The van der Waals surface area contributed by atoms with Gasteiger partial charge in [-0.2, -0.15) is 4.57 Å². The molecule has 0 atom stereocenters. The summed E-state index contributed by atoms with van der Waals surface area (Å²) in [4.78, 5) is 4.97. The predicted molar refractivity (Wildman–Crippen MR) is 88.6 cm³/mol.